The fraction of sp³-hybridized carbons (Fsp3) is 0.536. The summed E-state index contributed by atoms with van der Waals surface area (Å²) in [6, 6.07) is 3.30. The molecule has 232 valence electrons. The van der Waals surface area contributed by atoms with Gasteiger partial charge in [-0.2, -0.15) is 0 Å². The fourth-order valence-corrected chi connectivity index (χ4v) is 4.37. The highest BCUT2D eigenvalue weighted by molar-refractivity contribution is 5.95. The van der Waals surface area contributed by atoms with Crippen molar-refractivity contribution in [1.82, 2.24) is 20.9 Å². The van der Waals surface area contributed by atoms with Crippen LogP contribution in [0.5, 0.6) is 0 Å². The quantitative estimate of drug-likeness (QED) is 0.0613. The highest BCUT2D eigenvalue weighted by Gasteiger charge is 2.31. The molecular weight excluding hydrogens is 542 g/mol. The van der Waals surface area contributed by atoms with Crippen LogP contribution in [0.15, 0.2) is 35.5 Å². The first-order valence-corrected chi connectivity index (χ1v) is 14.1. The van der Waals surface area contributed by atoms with Crippen LogP contribution in [0.2, 0.25) is 0 Å². The van der Waals surface area contributed by atoms with Crippen LogP contribution in [0.1, 0.15) is 51.5 Å². The van der Waals surface area contributed by atoms with Gasteiger partial charge in [-0.05, 0) is 56.2 Å². The summed E-state index contributed by atoms with van der Waals surface area (Å²) in [4.78, 5) is 58.7. The second-order valence-electron chi connectivity index (χ2n) is 10.6. The first-order valence-electron chi connectivity index (χ1n) is 14.1. The highest BCUT2D eigenvalue weighted by Crippen LogP contribution is 2.19. The molecule has 13 N–H and O–H groups in total. The van der Waals surface area contributed by atoms with E-state index in [1.807, 2.05) is 24.3 Å². The minimum absolute atomic E-state index is 0.0659. The van der Waals surface area contributed by atoms with Gasteiger partial charge in [-0.1, -0.05) is 32.0 Å². The van der Waals surface area contributed by atoms with Crippen LogP contribution < -0.4 is 38.9 Å². The van der Waals surface area contributed by atoms with E-state index in [9.17, 15) is 24.3 Å². The summed E-state index contributed by atoms with van der Waals surface area (Å²) in [5.41, 5.74) is 23.9. The molecule has 0 saturated heterocycles. The Morgan fingerprint density at radius 3 is 2.17 bits per heavy atom. The molecule has 4 atom stereocenters. The molecule has 14 heteroatoms. The first kappa shape index (κ1) is 34.0. The molecule has 1 aromatic carbocycles. The van der Waals surface area contributed by atoms with E-state index in [1.165, 1.54) is 0 Å². The van der Waals surface area contributed by atoms with E-state index >= 15 is 0 Å². The molecule has 0 spiro atoms. The molecule has 4 unspecified atom stereocenters. The van der Waals surface area contributed by atoms with E-state index < -0.39 is 47.9 Å². The maximum Gasteiger partial charge on any atom is 0.326 e. The molecule has 0 aliphatic heterocycles. The number of nitrogens with one attached hydrogen (secondary N) is 4. The van der Waals surface area contributed by atoms with Crippen molar-refractivity contribution in [2.75, 3.05) is 13.1 Å². The number of fused-ring (bicyclic) bond motifs is 1. The number of aliphatic imine (C=N–C) groups is 1. The highest BCUT2D eigenvalue weighted by atomic mass is 16.4. The third-order valence-corrected chi connectivity index (χ3v) is 6.89. The molecule has 2 aromatic rings. The average Bonchev–Trinajstić information content (AvgIpc) is 3.35. The van der Waals surface area contributed by atoms with Gasteiger partial charge in [-0.25, -0.2) is 4.79 Å². The standard InChI is InChI=1S/C28H45N9O5/c1-16(2)23(30)26(40)35-20(10-5-6-12-29)24(38)37-22(14-17-15-34-19-9-4-3-8-18(17)19)25(39)36-21(27(41)42)11-7-13-33-28(31)32/h3-4,8-9,15-16,20-23,34H,5-7,10-14,29-30H2,1-2H3,(H,35,40)(H,36,39)(H,37,38)(H,41,42)(H4,31,32,33). The Hall–Kier alpha value is -4.17. The lowest BCUT2D eigenvalue weighted by Crippen LogP contribution is -2.58. The van der Waals surface area contributed by atoms with Gasteiger partial charge in [0.1, 0.15) is 18.1 Å². The number of amides is 3. The average molecular weight is 588 g/mol. The van der Waals surface area contributed by atoms with Gasteiger partial charge in [-0.15, -0.1) is 0 Å². The van der Waals surface area contributed by atoms with Crippen molar-refractivity contribution in [2.24, 2.45) is 33.8 Å². The zero-order valence-electron chi connectivity index (χ0n) is 24.3. The summed E-state index contributed by atoms with van der Waals surface area (Å²) in [6.07, 6.45) is 3.65. The monoisotopic (exact) mass is 587 g/mol. The zero-order valence-corrected chi connectivity index (χ0v) is 24.3. The molecule has 2 rings (SSSR count). The van der Waals surface area contributed by atoms with Crippen molar-refractivity contribution in [3.8, 4) is 0 Å². The Labute approximate surface area is 245 Å². The second-order valence-corrected chi connectivity index (χ2v) is 10.6. The van der Waals surface area contributed by atoms with E-state index in [0.717, 1.165) is 16.5 Å². The van der Waals surface area contributed by atoms with Gasteiger partial charge in [0.05, 0.1) is 6.04 Å². The number of nitrogens with zero attached hydrogens (tertiary/aromatic N) is 1. The Morgan fingerprint density at radius 1 is 0.905 bits per heavy atom. The zero-order chi connectivity index (χ0) is 31.2. The molecule has 42 heavy (non-hydrogen) atoms. The lowest BCUT2D eigenvalue weighted by atomic mass is 10.0. The number of guanidine groups is 1. The Bertz CT molecular complexity index is 1230. The molecule has 14 nitrogen and oxygen atoms in total. The van der Waals surface area contributed by atoms with Gasteiger partial charge < -0.3 is 49.0 Å². The number of benzene rings is 1. The topological polar surface area (TPSA) is 257 Å². The van der Waals surface area contributed by atoms with E-state index in [1.54, 1.807) is 20.0 Å². The molecule has 0 aliphatic rings. The molecule has 0 aliphatic carbocycles. The van der Waals surface area contributed by atoms with Crippen LogP contribution >= 0.6 is 0 Å². The number of carboxylic acid groups (broad SMARTS) is 1. The van der Waals surface area contributed by atoms with Gasteiger partial charge in [0.15, 0.2) is 5.96 Å². The Morgan fingerprint density at radius 2 is 1.52 bits per heavy atom. The van der Waals surface area contributed by atoms with Crippen LogP contribution in [0, 0.1) is 5.92 Å². The van der Waals surface area contributed by atoms with Crippen LogP contribution in [0.25, 0.3) is 10.9 Å². The van der Waals surface area contributed by atoms with E-state index in [4.69, 9.17) is 22.9 Å². The third kappa shape index (κ3) is 10.7. The summed E-state index contributed by atoms with van der Waals surface area (Å²) in [7, 11) is 0. The summed E-state index contributed by atoms with van der Waals surface area (Å²) >= 11 is 0. The maximum absolute atomic E-state index is 13.5. The second kappa shape index (κ2) is 16.9. The van der Waals surface area contributed by atoms with E-state index in [0.29, 0.717) is 25.8 Å². The number of carboxylic acids is 1. The summed E-state index contributed by atoms with van der Waals surface area (Å²) < 4.78 is 0. The number of aromatic amines is 1. The molecule has 0 radical (unpaired) electrons. The molecule has 1 heterocycles. The maximum atomic E-state index is 13.5. The number of hydrogen-bond acceptors (Lipinski definition) is 7. The van der Waals surface area contributed by atoms with Crippen LogP contribution in [0.3, 0.4) is 0 Å². The Balaban J connectivity index is 2.30. The minimum atomic E-state index is -1.24. The summed E-state index contributed by atoms with van der Waals surface area (Å²) in [6.45, 7) is 4.20. The number of nitrogens with two attached hydrogens (primary N) is 4. The summed E-state index contributed by atoms with van der Waals surface area (Å²) in [5.74, 6) is -3.26. The largest absolute Gasteiger partial charge is 0.480 e. The van der Waals surface area contributed by atoms with Crippen molar-refractivity contribution in [2.45, 2.75) is 76.5 Å². The predicted octanol–water partition coefficient (Wildman–Crippen LogP) is -0.585. The van der Waals surface area contributed by atoms with Gasteiger partial charge in [0.2, 0.25) is 17.7 Å². The van der Waals surface area contributed by atoms with E-state index in [2.05, 4.69) is 25.9 Å². The van der Waals surface area contributed by atoms with Crippen molar-refractivity contribution < 1.29 is 24.3 Å². The number of carbonyl (C=O) groups is 4. The lowest BCUT2D eigenvalue weighted by Gasteiger charge is -2.26. The molecule has 3 amide bonds. The van der Waals surface area contributed by atoms with Gasteiger partial charge in [0, 0.05) is 30.1 Å². The van der Waals surface area contributed by atoms with Gasteiger partial charge in [-0.3, -0.25) is 19.4 Å². The van der Waals surface area contributed by atoms with Crippen molar-refractivity contribution in [3.05, 3.63) is 36.0 Å². The smallest absolute Gasteiger partial charge is 0.326 e. The number of para-hydroxylation sites is 1. The predicted molar refractivity (Wildman–Crippen MR) is 161 cm³/mol. The van der Waals surface area contributed by atoms with Crippen molar-refractivity contribution in [1.29, 1.82) is 0 Å². The molecule has 0 saturated carbocycles. The number of rotatable bonds is 18. The molecule has 1 aromatic heterocycles. The molecule has 0 bridgehead atoms. The fourth-order valence-electron chi connectivity index (χ4n) is 4.37. The number of hydrogen-bond donors (Lipinski definition) is 9. The molecular formula is C28H45N9O5. The van der Waals surface area contributed by atoms with E-state index in [-0.39, 0.29) is 37.7 Å². The van der Waals surface area contributed by atoms with Gasteiger partial charge >= 0.3 is 5.97 Å². The van der Waals surface area contributed by atoms with Gasteiger partial charge in [0.25, 0.3) is 0 Å². The van der Waals surface area contributed by atoms with Crippen molar-refractivity contribution in [3.63, 3.8) is 0 Å². The number of H-pyrrole nitrogens is 1. The minimum Gasteiger partial charge on any atom is -0.480 e. The lowest BCUT2D eigenvalue weighted by molar-refractivity contribution is -0.142. The van der Waals surface area contributed by atoms with Crippen LogP contribution in [-0.2, 0) is 25.6 Å². The van der Waals surface area contributed by atoms with Crippen LogP contribution in [0.4, 0.5) is 0 Å². The number of unbranched alkanes of at least 4 members (excludes halogenated alkanes) is 1. The summed E-state index contributed by atoms with van der Waals surface area (Å²) in [5, 5.41) is 18.6. The number of aromatic nitrogens is 1. The third-order valence-electron chi connectivity index (χ3n) is 6.89. The Kier molecular flexibility index (Phi) is 13.7. The normalized spacial score (nSPS) is 14.0. The first-order chi connectivity index (χ1) is 19.9. The number of carbonyl (C=O) groups excluding carboxylic acids is 3. The molecule has 0 fully saturated rings. The van der Waals surface area contributed by atoms with Crippen molar-refractivity contribution >= 4 is 40.6 Å². The van der Waals surface area contributed by atoms with Crippen LogP contribution in [-0.4, -0.2) is 77.0 Å². The number of aliphatic carboxylic acids is 1. The SMILES string of the molecule is CC(C)C(N)C(=O)NC(CCCCN)C(=O)NC(Cc1c[nH]c2ccccc12)C(=O)NC(CCCN=C(N)N)C(=O)O.